The van der Waals surface area contributed by atoms with Crippen LogP contribution in [0.15, 0.2) is 42.5 Å². The van der Waals surface area contributed by atoms with Crippen molar-refractivity contribution in [3.63, 3.8) is 0 Å². The molecule has 2 aromatic rings. The zero-order chi connectivity index (χ0) is 12.3. The van der Waals surface area contributed by atoms with Crippen LogP contribution >= 0.6 is 22.9 Å². The number of benzene rings is 1. The fraction of sp³-hybridized carbons (Fsp3) is 0.231. The Morgan fingerprint density at radius 2 is 1.76 bits per heavy atom. The van der Waals surface area contributed by atoms with E-state index in [9.17, 15) is 10.2 Å². The maximum absolute atomic E-state index is 9.98. The van der Waals surface area contributed by atoms with Crippen LogP contribution < -0.4 is 0 Å². The van der Waals surface area contributed by atoms with E-state index >= 15 is 0 Å². The third-order valence-corrected chi connectivity index (χ3v) is 3.80. The van der Waals surface area contributed by atoms with E-state index in [2.05, 4.69) is 0 Å². The highest BCUT2D eigenvalue weighted by Crippen LogP contribution is 2.25. The molecule has 2 nitrogen and oxygen atoms in total. The van der Waals surface area contributed by atoms with Gasteiger partial charge in [0, 0.05) is 11.3 Å². The van der Waals surface area contributed by atoms with Crippen molar-refractivity contribution in [2.45, 2.75) is 18.6 Å². The summed E-state index contributed by atoms with van der Waals surface area (Å²) in [6.07, 6.45) is -1.27. The van der Waals surface area contributed by atoms with Crippen LogP contribution in [0.3, 0.4) is 0 Å². The van der Waals surface area contributed by atoms with Crippen LogP contribution in [-0.2, 0) is 6.42 Å². The van der Waals surface area contributed by atoms with E-state index in [1.54, 1.807) is 18.2 Å². The molecule has 0 spiro atoms. The van der Waals surface area contributed by atoms with E-state index in [0.717, 1.165) is 10.4 Å². The van der Waals surface area contributed by atoms with E-state index in [1.165, 1.54) is 11.3 Å². The molecule has 0 bridgehead atoms. The quantitative estimate of drug-likeness (QED) is 0.895. The summed E-state index contributed by atoms with van der Waals surface area (Å²) in [5, 5.41) is 19.9. The molecule has 1 aromatic heterocycles. The van der Waals surface area contributed by atoms with Crippen LogP contribution in [0, 0.1) is 0 Å². The molecule has 2 unspecified atom stereocenters. The van der Waals surface area contributed by atoms with Crippen LogP contribution in [0.5, 0.6) is 0 Å². The SMILES string of the molecule is OC(Cc1ccc(Cl)s1)C(O)c1ccccc1. The summed E-state index contributed by atoms with van der Waals surface area (Å²) in [6, 6.07) is 12.8. The minimum absolute atomic E-state index is 0.410. The Bertz CT molecular complexity index is 469. The maximum atomic E-state index is 9.98. The molecule has 1 aromatic carbocycles. The van der Waals surface area contributed by atoms with Crippen molar-refractivity contribution in [2.75, 3.05) is 0 Å². The first-order valence-corrected chi connectivity index (χ1v) is 6.51. The summed E-state index contributed by atoms with van der Waals surface area (Å²) in [5.74, 6) is 0. The molecular weight excluding hydrogens is 256 g/mol. The van der Waals surface area contributed by atoms with Crippen LogP contribution in [0.4, 0.5) is 0 Å². The summed E-state index contributed by atoms with van der Waals surface area (Å²) in [6.45, 7) is 0. The normalized spacial score (nSPS) is 14.5. The number of halogens is 1. The van der Waals surface area contributed by atoms with Crippen LogP contribution in [-0.4, -0.2) is 16.3 Å². The number of aliphatic hydroxyl groups excluding tert-OH is 2. The van der Waals surface area contributed by atoms with Crippen LogP contribution in [0.25, 0.3) is 0 Å². The fourth-order valence-electron chi connectivity index (χ4n) is 1.65. The lowest BCUT2D eigenvalue weighted by Crippen LogP contribution is -2.20. The molecule has 0 saturated carbocycles. The lowest BCUT2D eigenvalue weighted by Gasteiger charge is -2.17. The van der Waals surface area contributed by atoms with Gasteiger partial charge < -0.3 is 10.2 Å². The summed E-state index contributed by atoms with van der Waals surface area (Å²) >= 11 is 7.24. The number of rotatable bonds is 4. The molecule has 90 valence electrons. The molecule has 0 aliphatic carbocycles. The number of hydrogen-bond acceptors (Lipinski definition) is 3. The fourth-order valence-corrected chi connectivity index (χ4v) is 2.79. The minimum Gasteiger partial charge on any atom is -0.390 e. The van der Waals surface area contributed by atoms with E-state index in [1.807, 2.05) is 24.3 Å². The first-order chi connectivity index (χ1) is 8.16. The highest BCUT2D eigenvalue weighted by Gasteiger charge is 2.19. The van der Waals surface area contributed by atoms with Gasteiger partial charge in [-0.05, 0) is 17.7 Å². The van der Waals surface area contributed by atoms with Crippen LogP contribution in [0.1, 0.15) is 16.5 Å². The van der Waals surface area contributed by atoms with Crippen LogP contribution in [0.2, 0.25) is 4.34 Å². The van der Waals surface area contributed by atoms with Crippen molar-refractivity contribution >= 4 is 22.9 Å². The highest BCUT2D eigenvalue weighted by atomic mass is 35.5. The number of aliphatic hydroxyl groups is 2. The summed E-state index contributed by atoms with van der Waals surface area (Å²) in [5.41, 5.74) is 0.725. The average Bonchev–Trinajstić information content (AvgIpc) is 2.75. The Hall–Kier alpha value is -0.870. The van der Waals surface area contributed by atoms with Crippen molar-refractivity contribution in [3.05, 3.63) is 57.2 Å². The Labute approximate surface area is 109 Å². The molecule has 1 heterocycles. The molecule has 0 saturated heterocycles. The summed E-state index contributed by atoms with van der Waals surface area (Å²) < 4.78 is 0.696. The molecule has 2 rings (SSSR count). The van der Waals surface area contributed by atoms with Crippen molar-refractivity contribution in [3.8, 4) is 0 Å². The van der Waals surface area contributed by atoms with Crippen molar-refractivity contribution in [1.82, 2.24) is 0 Å². The second-order valence-electron chi connectivity index (χ2n) is 3.83. The molecular formula is C13H13ClO2S. The van der Waals surface area contributed by atoms with Gasteiger partial charge in [-0.2, -0.15) is 0 Å². The smallest absolute Gasteiger partial charge is 0.105 e. The Balaban J connectivity index is 2.03. The zero-order valence-electron chi connectivity index (χ0n) is 9.08. The molecule has 4 heteroatoms. The zero-order valence-corrected chi connectivity index (χ0v) is 10.7. The van der Waals surface area contributed by atoms with Gasteiger partial charge in [0.2, 0.25) is 0 Å². The topological polar surface area (TPSA) is 40.5 Å². The third-order valence-electron chi connectivity index (χ3n) is 2.54. The predicted octanol–water partition coefficient (Wildman–Crippen LogP) is 3.04. The summed E-state index contributed by atoms with van der Waals surface area (Å²) in [7, 11) is 0. The van der Waals surface area contributed by atoms with Gasteiger partial charge in [-0.1, -0.05) is 41.9 Å². The monoisotopic (exact) mass is 268 g/mol. The standard InChI is InChI=1S/C13H13ClO2S/c14-12-7-6-10(17-12)8-11(15)13(16)9-4-2-1-3-5-9/h1-7,11,13,15-16H,8H2. The lowest BCUT2D eigenvalue weighted by molar-refractivity contribution is 0.0194. The Kier molecular flexibility index (Phi) is 4.18. The Morgan fingerprint density at radius 1 is 1.06 bits per heavy atom. The second-order valence-corrected chi connectivity index (χ2v) is 5.63. The van der Waals surface area contributed by atoms with Gasteiger partial charge >= 0.3 is 0 Å². The molecule has 17 heavy (non-hydrogen) atoms. The Morgan fingerprint density at radius 3 is 2.35 bits per heavy atom. The van der Waals surface area contributed by atoms with Gasteiger partial charge in [-0.25, -0.2) is 0 Å². The molecule has 2 atom stereocenters. The molecule has 0 aliphatic rings. The number of hydrogen-bond donors (Lipinski definition) is 2. The predicted molar refractivity (Wildman–Crippen MR) is 70.4 cm³/mol. The first-order valence-electron chi connectivity index (χ1n) is 5.32. The van der Waals surface area contributed by atoms with Gasteiger partial charge in [0.25, 0.3) is 0 Å². The van der Waals surface area contributed by atoms with Crippen molar-refractivity contribution < 1.29 is 10.2 Å². The largest absolute Gasteiger partial charge is 0.390 e. The van der Waals surface area contributed by atoms with Gasteiger partial charge in [0.05, 0.1) is 10.4 Å². The molecule has 0 amide bonds. The van der Waals surface area contributed by atoms with E-state index in [-0.39, 0.29) is 0 Å². The minimum atomic E-state index is -0.864. The lowest BCUT2D eigenvalue weighted by atomic mass is 10.0. The maximum Gasteiger partial charge on any atom is 0.105 e. The first kappa shape index (κ1) is 12.6. The molecule has 0 fully saturated rings. The molecule has 0 radical (unpaired) electrons. The van der Waals surface area contributed by atoms with Gasteiger partial charge in [-0.15, -0.1) is 11.3 Å². The van der Waals surface area contributed by atoms with Gasteiger partial charge in [-0.3, -0.25) is 0 Å². The number of thiophene rings is 1. The van der Waals surface area contributed by atoms with Gasteiger partial charge in [0.15, 0.2) is 0 Å². The van der Waals surface area contributed by atoms with E-state index in [4.69, 9.17) is 11.6 Å². The summed E-state index contributed by atoms with van der Waals surface area (Å²) in [4.78, 5) is 0.970. The third kappa shape index (κ3) is 3.30. The molecule has 2 N–H and O–H groups in total. The second kappa shape index (κ2) is 5.65. The van der Waals surface area contributed by atoms with Crippen molar-refractivity contribution in [2.24, 2.45) is 0 Å². The molecule has 0 aliphatic heterocycles. The average molecular weight is 269 g/mol. The highest BCUT2D eigenvalue weighted by molar-refractivity contribution is 7.16. The van der Waals surface area contributed by atoms with E-state index in [0.29, 0.717) is 10.8 Å². The van der Waals surface area contributed by atoms with E-state index < -0.39 is 12.2 Å². The van der Waals surface area contributed by atoms with Gasteiger partial charge in [0.1, 0.15) is 6.10 Å². The van der Waals surface area contributed by atoms with Crippen molar-refractivity contribution in [1.29, 1.82) is 0 Å².